The number of fused-ring (bicyclic) bond motifs is 3. The van der Waals surface area contributed by atoms with Gasteiger partial charge < -0.3 is 4.57 Å². The quantitative estimate of drug-likeness (QED) is 0.780. The fraction of sp³-hybridized carbons (Fsp3) is 0.375. The minimum atomic E-state index is 1.08. The first-order chi connectivity index (χ1) is 8.74. The van der Waals surface area contributed by atoms with Crippen molar-refractivity contribution in [3.05, 3.63) is 41.6 Å². The number of likely N-dealkylation sites (N-methyl/N-ethyl adjacent to an activating group) is 1. The Balaban J connectivity index is 2.27. The van der Waals surface area contributed by atoms with E-state index in [0.29, 0.717) is 0 Å². The zero-order chi connectivity index (χ0) is 12.7. The Bertz CT molecular complexity index is 607. The maximum absolute atomic E-state index is 3.97. The van der Waals surface area contributed by atoms with E-state index in [4.69, 9.17) is 0 Å². The zero-order valence-corrected chi connectivity index (χ0v) is 11.2. The van der Waals surface area contributed by atoms with Crippen molar-refractivity contribution in [3.63, 3.8) is 0 Å². The first kappa shape index (κ1) is 11.5. The molecule has 0 spiro atoms. The summed E-state index contributed by atoms with van der Waals surface area (Å²) in [5, 5.41) is 1.41. The highest BCUT2D eigenvalue weighted by atomic mass is 15.1. The van der Waals surface area contributed by atoms with Crippen LogP contribution < -0.4 is 0 Å². The lowest BCUT2D eigenvalue weighted by Crippen LogP contribution is -2.30. The van der Waals surface area contributed by atoms with Gasteiger partial charge in [-0.25, -0.2) is 0 Å². The van der Waals surface area contributed by atoms with E-state index in [1.54, 1.807) is 0 Å². The average Bonchev–Trinajstić information content (AvgIpc) is 2.71. The van der Waals surface area contributed by atoms with E-state index in [-0.39, 0.29) is 0 Å². The van der Waals surface area contributed by atoms with Crippen molar-refractivity contribution in [1.29, 1.82) is 0 Å². The normalized spacial score (nSPS) is 15.9. The molecule has 0 radical (unpaired) electrons. The predicted molar refractivity (Wildman–Crippen MR) is 77.7 cm³/mol. The molecule has 94 valence electrons. The van der Waals surface area contributed by atoms with Gasteiger partial charge >= 0.3 is 0 Å². The number of benzene rings is 1. The monoisotopic (exact) mass is 240 g/mol. The fourth-order valence-corrected chi connectivity index (χ4v) is 3.04. The molecule has 0 amide bonds. The van der Waals surface area contributed by atoms with Gasteiger partial charge in [-0.2, -0.15) is 0 Å². The third-order valence-electron chi connectivity index (χ3n) is 4.05. The summed E-state index contributed by atoms with van der Waals surface area (Å²) in [6.07, 6.45) is 3.08. The van der Waals surface area contributed by atoms with Gasteiger partial charge in [0.1, 0.15) is 0 Å². The summed E-state index contributed by atoms with van der Waals surface area (Å²) in [5.74, 6) is 0. The smallest absolute Gasteiger partial charge is 0.0528 e. The number of rotatable bonds is 2. The largest absolute Gasteiger partial charge is 0.320 e. The second-order valence-corrected chi connectivity index (χ2v) is 5.12. The third kappa shape index (κ3) is 1.60. The highest BCUT2D eigenvalue weighted by Crippen LogP contribution is 2.31. The molecule has 1 aliphatic heterocycles. The Kier molecular flexibility index (Phi) is 2.75. The molecular formula is C16H20N2. The van der Waals surface area contributed by atoms with E-state index >= 15 is 0 Å². The topological polar surface area (TPSA) is 8.17 Å². The number of nitrogens with zero attached hydrogens (tertiary/aromatic N) is 2. The molecule has 0 aliphatic carbocycles. The molecule has 1 aliphatic rings. The minimum absolute atomic E-state index is 1.08. The van der Waals surface area contributed by atoms with Gasteiger partial charge in [0.25, 0.3) is 0 Å². The van der Waals surface area contributed by atoms with Gasteiger partial charge in [-0.3, -0.25) is 4.90 Å². The highest BCUT2D eigenvalue weighted by Gasteiger charge is 2.22. The van der Waals surface area contributed by atoms with E-state index < -0.39 is 0 Å². The Morgan fingerprint density at radius 1 is 1.39 bits per heavy atom. The summed E-state index contributed by atoms with van der Waals surface area (Å²) >= 11 is 0. The Hall–Kier alpha value is -1.54. The molecule has 0 saturated carbocycles. The van der Waals surface area contributed by atoms with Crippen molar-refractivity contribution in [1.82, 2.24) is 9.47 Å². The summed E-state index contributed by atoms with van der Waals surface area (Å²) in [4.78, 5) is 2.51. The van der Waals surface area contributed by atoms with Gasteiger partial charge in [-0.05, 0) is 31.2 Å². The number of aromatic nitrogens is 1. The number of hydrogen-bond donors (Lipinski definition) is 0. The van der Waals surface area contributed by atoms with Gasteiger partial charge in [0, 0.05) is 36.8 Å². The lowest BCUT2D eigenvalue weighted by molar-refractivity contribution is 0.267. The average molecular weight is 240 g/mol. The third-order valence-corrected chi connectivity index (χ3v) is 4.05. The first-order valence-corrected chi connectivity index (χ1v) is 6.71. The van der Waals surface area contributed by atoms with Gasteiger partial charge in [0.2, 0.25) is 0 Å². The first-order valence-electron chi connectivity index (χ1n) is 6.71. The Morgan fingerprint density at radius 2 is 2.22 bits per heavy atom. The molecule has 0 N–H and O–H groups in total. The molecule has 1 aromatic carbocycles. The van der Waals surface area contributed by atoms with Crippen LogP contribution in [0.4, 0.5) is 0 Å². The maximum Gasteiger partial charge on any atom is 0.0528 e. The van der Waals surface area contributed by atoms with E-state index in [2.05, 4.69) is 48.1 Å². The van der Waals surface area contributed by atoms with Crippen molar-refractivity contribution < 1.29 is 0 Å². The van der Waals surface area contributed by atoms with Crippen LogP contribution in [-0.2, 0) is 13.0 Å². The minimum Gasteiger partial charge on any atom is -0.320 e. The summed E-state index contributed by atoms with van der Waals surface area (Å²) in [6, 6.07) is 6.72. The summed E-state index contributed by atoms with van der Waals surface area (Å²) in [7, 11) is 0. The van der Waals surface area contributed by atoms with Crippen molar-refractivity contribution in [2.45, 2.75) is 26.8 Å². The lowest BCUT2D eigenvalue weighted by atomic mass is 10.0. The highest BCUT2D eigenvalue weighted by molar-refractivity contribution is 5.88. The fourth-order valence-electron chi connectivity index (χ4n) is 3.04. The standard InChI is InChI=1S/C16H20N2/c1-4-17-9-8-16-14(11-17)13-10-12(3)6-7-15(13)18(16)5-2/h5-7,10H,2,4,8-9,11H2,1,3H3. The van der Waals surface area contributed by atoms with Crippen LogP contribution in [0.2, 0.25) is 0 Å². The maximum atomic E-state index is 3.97. The van der Waals surface area contributed by atoms with Crippen LogP contribution in [0.25, 0.3) is 17.1 Å². The van der Waals surface area contributed by atoms with Crippen molar-refractivity contribution in [2.24, 2.45) is 0 Å². The van der Waals surface area contributed by atoms with Crippen LogP contribution >= 0.6 is 0 Å². The number of hydrogen-bond acceptors (Lipinski definition) is 1. The molecular weight excluding hydrogens is 220 g/mol. The molecule has 0 bridgehead atoms. The predicted octanol–water partition coefficient (Wildman–Crippen LogP) is 3.43. The Morgan fingerprint density at radius 3 is 2.94 bits per heavy atom. The van der Waals surface area contributed by atoms with Gasteiger partial charge in [-0.15, -0.1) is 0 Å². The van der Waals surface area contributed by atoms with Crippen LogP contribution in [0.3, 0.4) is 0 Å². The van der Waals surface area contributed by atoms with Crippen LogP contribution in [0.1, 0.15) is 23.7 Å². The summed E-state index contributed by atoms with van der Waals surface area (Å²) in [5.41, 5.74) is 5.59. The molecule has 0 unspecified atom stereocenters. The van der Waals surface area contributed by atoms with Crippen LogP contribution in [0.15, 0.2) is 24.8 Å². The molecule has 2 heterocycles. The molecule has 0 atom stereocenters. The van der Waals surface area contributed by atoms with Crippen molar-refractivity contribution in [3.8, 4) is 0 Å². The second kappa shape index (κ2) is 4.29. The molecule has 0 saturated heterocycles. The molecule has 1 aromatic heterocycles. The van der Waals surface area contributed by atoms with Crippen molar-refractivity contribution in [2.75, 3.05) is 13.1 Å². The second-order valence-electron chi connectivity index (χ2n) is 5.12. The molecule has 18 heavy (non-hydrogen) atoms. The van der Waals surface area contributed by atoms with E-state index in [1.165, 1.54) is 27.7 Å². The van der Waals surface area contributed by atoms with Crippen molar-refractivity contribution >= 4 is 17.1 Å². The lowest BCUT2D eigenvalue weighted by Gasteiger charge is -2.26. The van der Waals surface area contributed by atoms with E-state index in [9.17, 15) is 0 Å². The van der Waals surface area contributed by atoms with Crippen LogP contribution in [0.5, 0.6) is 0 Å². The van der Waals surface area contributed by atoms with Gasteiger partial charge in [0.05, 0.1) is 5.52 Å². The molecule has 0 fully saturated rings. The van der Waals surface area contributed by atoms with E-state index in [1.807, 2.05) is 6.20 Å². The summed E-state index contributed by atoms with van der Waals surface area (Å²) in [6.45, 7) is 11.7. The zero-order valence-electron chi connectivity index (χ0n) is 11.2. The molecule has 2 heteroatoms. The van der Waals surface area contributed by atoms with Gasteiger partial charge in [-0.1, -0.05) is 25.1 Å². The van der Waals surface area contributed by atoms with Crippen LogP contribution in [-0.4, -0.2) is 22.6 Å². The summed E-state index contributed by atoms with van der Waals surface area (Å²) < 4.78 is 2.27. The Labute approximate surface area is 109 Å². The molecule has 2 aromatic rings. The van der Waals surface area contributed by atoms with E-state index in [0.717, 1.165) is 26.1 Å². The SMILES string of the molecule is C=Cn1c2c(c3cc(C)ccc31)CN(CC)CC2. The molecule has 2 nitrogen and oxygen atoms in total. The number of aryl methyl sites for hydroxylation is 1. The molecule has 3 rings (SSSR count). The van der Waals surface area contributed by atoms with Crippen LogP contribution in [0, 0.1) is 6.92 Å². The van der Waals surface area contributed by atoms with Gasteiger partial charge in [0.15, 0.2) is 0 Å².